The van der Waals surface area contributed by atoms with E-state index in [1.807, 2.05) is 19.1 Å². The number of ether oxygens (including phenoxy) is 1. The quantitative estimate of drug-likeness (QED) is 0.575. The molecule has 0 fully saturated rings. The summed E-state index contributed by atoms with van der Waals surface area (Å²) < 4.78 is 33.0. The average Bonchev–Trinajstić information content (AvgIpc) is 2.76. The largest absolute Gasteiger partial charge is 0.492 e. The second-order valence-electron chi connectivity index (χ2n) is 6.41. The van der Waals surface area contributed by atoms with Gasteiger partial charge in [0.25, 0.3) is 15.9 Å². The first-order chi connectivity index (χ1) is 14.5. The molecule has 3 aromatic carbocycles. The summed E-state index contributed by atoms with van der Waals surface area (Å²) in [6, 6.07) is 22.0. The summed E-state index contributed by atoms with van der Waals surface area (Å²) in [7, 11) is -3.74. The third kappa shape index (κ3) is 4.63. The normalized spacial score (nSPS) is 11.0. The van der Waals surface area contributed by atoms with Gasteiger partial charge in [0.05, 0.1) is 22.9 Å². The molecule has 0 saturated carbocycles. The van der Waals surface area contributed by atoms with Crippen LogP contribution in [0.5, 0.6) is 5.75 Å². The predicted molar refractivity (Wildman–Crippen MR) is 119 cm³/mol. The first kappa shape index (κ1) is 21.4. The molecule has 0 atom stereocenters. The molecule has 0 aromatic heterocycles. The van der Waals surface area contributed by atoms with Gasteiger partial charge in [-0.3, -0.25) is 9.10 Å². The minimum atomic E-state index is -3.74. The number of nitrogens with one attached hydrogen (secondary N) is 1. The molecule has 0 aliphatic carbocycles. The van der Waals surface area contributed by atoms with Crippen molar-refractivity contribution >= 4 is 27.3 Å². The fourth-order valence-electron chi connectivity index (χ4n) is 3.04. The molecule has 0 bridgehead atoms. The Morgan fingerprint density at radius 3 is 2.17 bits per heavy atom. The first-order valence-corrected chi connectivity index (χ1v) is 11.1. The summed E-state index contributed by atoms with van der Waals surface area (Å²) >= 11 is 0. The van der Waals surface area contributed by atoms with Crippen LogP contribution in [0.15, 0.2) is 83.8 Å². The number of amides is 1. The molecular formula is C23H24N2O4S. The van der Waals surface area contributed by atoms with Gasteiger partial charge >= 0.3 is 0 Å². The lowest BCUT2D eigenvalue weighted by molar-refractivity contribution is 0.102. The number of nitrogens with zero attached hydrogens (tertiary/aromatic N) is 1. The number of para-hydroxylation sites is 3. The lowest BCUT2D eigenvalue weighted by Gasteiger charge is -2.23. The standard InChI is InChI=1S/C23H24N2O4S/c1-3-25(19-10-6-5-7-11-19)30(27,28)20-16-14-18(15-17-20)23(26)24-21-12-8-9-13-22(21)29-4-2/h5-17H,3-4H2,1-2H3,(H,24,26). The Bertz CT molecular complexity index is 1100. The molecule has 3 aromatic rings. The van der Waals surface area contributed by atoms with Gasteiger partial charge in [0.2, 0.25) is 0 Å². The van der Waals surface area contributed by atoms with Crippen LogP contribution in [0.25, 0.3) is 0 Å². The zero-order valence-electron chi connectivity index (χ0n) is 16.9. The van der Waals surface area contributed by atoms with Crippen LogP contribution in [0.2, 0.25) is 0 Å². The van der Waals surface area contributed by atoms with Crippen molar-refractivity contribution in [1.29, 1.82) is 0 Å². The fourth-order valence-corrected chi connectivity index (χ4v) is 4.51. The maximum absolute atomic E-state index is 13.1. The molecule has 1 N–H and O–H groups in total. The minimum Gasteiger partial charge on any atom is -0.492 e. The second-order valence-corrected chi connectivity index (χ2v) is 8.28. The molecule has 0 aliphatic heterocycles. The maximum Gasteiger partial charge on any atom is 0.264 e. The number of carbonyl (C=O) groups excluding carboxylic acids is 1. The van der Waals surface area contributed by atoms with E-state index in [2.05, 4.69) is 5.32 Å². The Labute approximate surface area is 177 Å². The minimum absolute atomic E-state index is 0.125. The zero-order chi connectivity index (χ0) is 21.6. The Morgan fingerprint density at radius 2 is 1.53 bits per heavy atom. The van der Waals surface area contributed by atoms with Crippen molar-refractivity contribution in [3.8, 4) is 5.75 Å². The Morgan fingerprint density at radius 1 is 0.900 bits per heavy atom. The highest BCUT2D eigenvalue weighted by Crippen LogP contribution is 2.26. The molecule has 7 heteroatoms. The number of carbonyl (C=O) groups is 1. The summed E-state index contributed by atoms with van der Waals surface area (Å²) in [6.07, 6.45) is 0. The molecule has 0 aliphatic rings. The molecule has 1 amide bonds. The summed E-state index contributed by atoms with van der Waals surface area (Å²) in [5.74, 6) is 0.232. The molecule has 0 unspecified atom stereocenters. The number of sulfonamides is 1. The summed E-state index contributed by atoms with van der Waals surface area (Å²) in [5.41, 5.74) is 1.50. The smallest absolute Gasteiger partial charge is 0.264 e. The van der Waals surface area contributed by atoms with E-state index in [1.54, 1.807) is 49.4 Å². The van der Waals surface area contributed by atoms with E-state index in [0.29, 0.717) is 35.8 Å². The molecule has 0 spiro atoms. The van der Waals surface area contributed by atoms with Crippen molar-refractivity contribution in [3.05, 3.63) is 84.4 Å². The van der Waals surface area contributed by atoms with Crippen LogP contribution in [-0.4, -0.2) is 27.5 Å². The summed E-state index contributed by atoms with van der Waals surface area (Å²) in [5, 5.41) is 2.81. The number of hydrogen-bond acceptors (Lipinski definition) is 4. The third-order valence-electron chi connectivity index (χ3n) is 4.47. The third-order valence-corrected chi connectivity index (χ3v) is 6.39. The Balaban J connectivity index is 1.81. The van der Waals surface area contributed by atoms with Crippen molar-refractivity contribution in [1.82, 2.24) is 0 Å². The van der Waals surface area contributed by atoms with Crippen molar-refractivity contribution in [2.24, 2.45) is 0 Å². The van der Waals surface area contributed by atoms with Crippen LogP contribution < -0.4 is 14.4 Å². The van der Waals surface area contributed by atoms with Gasteiger partial charge < -0.3 is 10.1 Å². The van der Waals surface area contributed by atoms with Gasteiger partial charge in [0, 0.05) is 12.1 Å². The van der Waals surface area contributed by atoms with E-state index < -0.39 is 10.0 Å². The number of hydrogen-bond donors (Lipinski definition) is 1. The van der Waals surface area contributed by atoms with Crippen molar-refractivity contribution < 1.29 is 17.9 Å². The van der Waals surface area contributed by atoms with E-state index in [1.165, 1.54) is 28.6 Å². The van der Waals surface area contributed by atoms with Gasteiger partial charge in [-0.05, 0) is 62.4 Å². The van der Waals surface area contributed by atoms with Gasteiger partial charge in [-0.25, -0.2) is 8.42 Å². The van der Waals surface area contributed by atoms with Crippen LogP contribution in [-0.2, 0) is 10.0 Å². The predicted octanol–water partition coefficient (Wildman–Crippen LogP) is 4.55. The van der Waals surface area contributed by atoms with Crippen LogP contribution in [0.1, 0.15) is 24.2 Å². The second kappa shape index (κ2) is 9.45. The molecule has 156 valence electrons. The highest BCUT2D eigenvalue weighted by Gasteiger charge is 2.23. The van der Waals surface area contributed by atoms with Crippen molar-refractivity contribution in [3.63, 3.8) is 0 Å². The molecule has 3 rings (SSSR count). The van der Waals surface area contributed by atoms with E-state index in [9.17, 15) is 13.2 Å². The lowest BCUT2D eigenvalue weighted by atomic mass is 10.2. The van der Waals surface area contributed by atoms with Gasteiger partial charge in [0.1, 0.15) is 5.75 Å². The monoisotopic (exact) mass is 424 g/mol. The van der Waals surface area contributed by atoms with Gasteiger partial charge in [-0.2, -0.15) is 0 Å². The van der Waals surface area contributed by atoms with E-state index in [-0.39, 0.29) is 10.8 Å². The lowest BCUT2D eigenvalue weighted by Crippen LogP contribution is -2.30. The van der Waals surface area contributed by atoms with Crippen LogP contribution in [0, 0.1) is 0 Å². The molecule has 0 radical (unpaired) electrons. The maximum atomic E-state index is 13.1. The summed E-state index contributed by atoms with van der Waals surface area (Å²) in [6.45, 7) is 4.42. The summed E-state index contributed by atoms with van der Waals surface area (Å²) in [4.78, 5) is 12.7. The first-order valence-electron chi connectivity index (χ1n) is 9.68. The Hall–Kier alpha value is -3.32. The molecule has 30 heavy (non-hydrogen) atoms. The molecule has 6 nitrogen and oxygen atoms in total. The van der Waals surface area contributed by atoms with Crippen LogP contribution in [0.4, 0.5) is 11.4 Å². The van der Waals surface area contributed by atoms with E-state index in [0.717, 1.165) is 0 Å². The SMILES string of the molecule is CCOc1ccccc1NC(=O)c1ccc(S(=O)(=O)N(CC)c2ccccc2)cc1. The van der Waals surface area contributed by atoms with Crippen molar-refractivity contribution in [2.45, 2.75) is 18.7 Å². The number of benzene rings is 3. The molecular weight excluding hydrogens is 400 g/mol. The van der Waals surface area contributed by atoms with Crippen LogP contribution >= 0.6 is 0 Å². The van der Waals surface area contributed by atoms with E-state index in [4.69, 9.17) is 4.74 Å². The fraction of sp³-hybridized carbons (Fsp3) is 0.174. The van der Waals surface area contributed by atoms with Gasteiger partial charge in [-0.15, -0.1) is 0 Å². The topological polar surface area (TPSA) is 75.7 Å². The molecule has 0 heterocycles. The van der Waals surface area contributed by atoms with Gasteiger partial charge in [0.15, 0.2) is 0 Å². The average molecular weight is 425 g/mol. The van der Waals surface area contributed by atoms with Crippen molar-refractivity contribution in [2.75, 3.05) is 22.8 Å². The number of rotatable bonds is 8. The highest BCUT2D eigenvalue weighted by molar-refractivity contribution is 7.92. The van der Waals surface area contributed by atoms with Crippen LogP contribution in [0.3, 0.4) is 0 Å². The Kier molecular flexibility index (Phi) is 6.74. The highest BCUT2D eigenvalue weighted by atomic mass is 32.2. The van der Waals surface area contributed by atoms with E-state index >= 15 is 0 Å². The zero-order valence-corrected chi connectivity index (χ0v) is 17.7. The molecule has 0 saturated heterocycles. The number of anilines is 2. The van der Waals surface area contributed by atoms with Gasteiger partial charge in [-0.1, -0.05) is 30.3 Å².